The van der Waals surface area contributed by atoms with E-state index in [1.54, 1.807) is 26.0 Å². The summed E-state index contributed by atoms with van der Waals surface area (Å²) in [6, 6.07) is 7.51. The molecule has 0 bridgehead atoms. The van der Waals surface area contributed by atoms with Crippen molar-refractivity contribution >= 4 is 21.6 Å². The molecule has 182 valence electrons. The summed E-state index contributed by atoms with van der Waals surface area (Å²) in [7, 11) is 1.46. The minimum Gasteiger partial charge on any atom is -0.508 e. The summed E-state index contributed by atoms with van der Waals surface area (Å²) in [5, 5.41) is 15.4. The highest BCUT2D eigenvalue weighted by atomic mass is 32.2. The molecular weight excluding hydrogens is 447 g/mol. The number of aryl methyl sites for hydroxylation is 2. The van der Waals surface area contributed by atoms with Gasteiger partial charge in [-0.3, -0.25) is 4.79 Å². The van der Waals surface area contributed by atoms with Gasteiger partial charge in [-0.05, 0) is 68.9 Å². The lowest BCUT2D eigenvalue weighted by Gasteiger charge is -2.20. The Labute approximate surface area is 195 Å². The van der Waals surface area contributed by atoms with Gasteiger partial charge in [0, 0.05) is 39.6 Å². The standard InChI is InChI=1S/C23H33FN4O4S/c1-16-12-19(29)13-17(2)23(16)33(31,32)28(5)10-8-22(30)26-15-18-6-7-21(20(24)14-18)25-9-11-27(3)4/h6-7,12-14,25,29H,8-11,15H2,1-5H3,(H,26,30). The van der Waals surface area contributed by atoms with Gasteiger partial charge in [0.1, 0.15) is 11.6 Å². The molecule has 0 spiro atoms. The largest absolute Gasteiger partial charge is 0.508 e. The number of halogens is 1. The van der Waals surface area contributed by atoms with Gasteiger partial charge in [-0.2, -0.15) is 0 Å². The Morgan fingerprint density at radius 3 is 2.27 bits per heavy atom. The SMILES string of the molecule is Cc1cc(O)cc(C)c1S(=O)(=O)N(C)CCC(=O)NCc1ccc(NCCN(C)C)c(F)c1. The fourth-order valence-corrected chi connectivity index (χ4v) is 4.96. The Bertz CT molecular complexity index is 1070. The average molecular weight is 481 g/mol. The van der Waals surface area contributed by atoms with Crippen molar-refractivity contribution in [2.75, 3.05) is 46.1 Å². The van der Waals surface area contributed by atoms with E-state index in [-0.39, 0.29) is 36.1 Å². The molecular formula is C23H33FN4O4S. The van der Waals surface area contributed by atoms with Crippen LogP contribution in [0.4, 0.5) is 10.1 Å². The molecule has 2 rings (SSSR count). The predicted octanol–water partition coefficient (Wildman–Crippen LogP) is 2.45. The topological polar surface area (TPSA) is 102 Å². The number of benzene rings is 2. The van der Waals surface area contributed by atoms with Crippen LogP contribution in [0, 0.1) is 19.7 Å². The van der Waals surface area contributed by atoms with Crippen LogP contribution < -0.4 is 10.6 Å². The van der Waals surface area contributed by atoms with Gasteiger partial charge in [0.25, 0.3) is 0 Å². The number of phenols is 1. The lowest BCUT2D eigenvalue weighted by Crippen LogP contribution is -2.33. The van der Waals surface area contributed by atoms with Crippen LogP contribution in [-0.4, -0.2) is 69.4 Å². The van der Waals surface area contributed by atoms with Crippen molar-refractivity contribution in [2.45, 2.75) is 31.7 Å². The first kappa shape index (κ1) is 26.6. The zero-order valence-corrected chi connectivity index (χ0v) is 20.6. The van der Waals surface area contributed by atoms with Crippen LogP contribution in [0.5, 0.6) is 5.75 Å². The Hall–Kier alpha value is -2.69. The molecule has 0 saturated carbocycles. The number of sulfonamides is 1. The van der Waals surface area contributed by atoms with Gasteiger partial charge >= 0.3 is 0 Å². The maximum Gasteiger partial charge on any atom is 0.243 e. The van der Waals surface area contributed by atoms with E-state index in [1.807, 2.05) is 19.0 Å². The highest BCUT2D eigenvalue weighted by molar-refractivity contribution is 7.89. The zero-order valence-electron chi connectivity index (χ0n) is 19.8. The third-order valence-corrected chi connectivity index (χ3v) is 7.33. The second-order valence-electron chi connectivity index (χ2n) is 8.31. The van der Waals surface area contributed by atoms with Crippen molar-refractivity contribution in [2.24, 2.45) is 0 Å². The second-order valence-corrected chi connectivity index (χ2v) is 10.3. The zero-order chi connectivity index (χ0) is 24.8. The number of carbonyl (C=O) groups is 1. The number of phenolic OH excluding ortho intramolecular Hbond substituents is 1. The Morgan fingerprint density at radius 2 is 1.70 bits per heavy atom. The van der Waals surface area contributed by atoms with Gasteiger partial charge in [-0.1, -0.05) is 6.07 Å². The van der Waals surface area contributed by atoms with Crippen LogP contribution in [0.25, 0.3) is 0 Å². The predicted molar refractivity (Wildman–Crippen MR) is 127 cm³/mol. The summed E-state index contributed by atoms with van der Waals surface area (Å²) < 4.78 is 41.2. The first-order chi connectivity index (χ1) is 15.4. The number of anilines is 1. The number of carbonyl (C=O) groups excluding carboxylic acids is 1. The van der Waals surface area contributed by atoms with Crippen molar-refractivity contribution in [1.82, 2.24) is 14.5 Å². The molecule has 0 fully saturated rings. The van der Waals surface area contributed by atoms with Crippen LogP contribution in [-0.2, 0) is 21.4 Å². The van der Waals surface area contributed by atoms with E-state index >= 15 is 0 Å². The number of nitrogens with zero attached hydrogens (tertiary/aromatic N) is 2. The summed E-state index contributed by atoms with van der Waals surface area (Å²) in [5.41, 5.74) is 1.88. The molecule has 0 heterocycles. The van der Waals surface area contributed by atoms with Crippen molar-refractivity contribution in [3.8, 4) is 5.75 Å². The molecule has 0 unspecified atom stereocenters. The van der Waals surface area contributed by atoms with Crippen molar-refractivity contribution in [3.63, 3.8) is 0 Å². The summed E-state index contributed by atoms with van der Waals surface area (Å²) in [5.74, 6) is -0.740. The maximum absolute atomic E-state index is 14.3. The van der Waals surface area contributed by atoms with Crippen LogP contribution >= 0.6 is 0 Å². The number of rotatable bonds is 11. The van der Waals surface area contributed by atoms with Crippen molar-refractivity contribution in [3.05, 3.63) is 52.8 Å². The van der Waals surface area contributed by atoms with E-state index in [9.17, 15) is 22.7 Å². The van der Waals surface area contributed by atoms with Crippen LogP contribution in [0.1, 0.15) is 23.1 Å². The van der Waals surface area contributed by atoms with E-state index in [2.05, 4.69) is 10.6 Å². The number of hydrogen-bond donors (Lipinski definition) is 3. The number of hydrogen-bond acceptors (Lipinski definition) is 6. The molecule has 0 atom stereocenters. The van der Waals surface area contributed by atoms with Crippen LogP contribution in [0.3, 0.4) is 0 Å². The molecule has 2 aromatic carbocycles. The molecule has 33 heavy (non-hydrogen) atoms. The molecule has 3 N–H and O–H groups in total. The Morgan fingerprint density at radius 1 is 1.06 bits per heavy atom. The number of aromatic hydroxyl groups is 1. The van der Waals surface area contributed by atoms with E-state index in [0.717, 1.165) is 10.8 Å². The summed E-state index contributed by atoms with van der Waals surface area (Å²) >= 11 is 0. The average Bonchev–Trinajstić information content (AvgIpc) is 2.70. The molecule has 1 amide bonds. The summed E-state index contributed by atoms with van der Waals surface area (Å²) in [6.07, 6.45) is -0.0431. The van der Waals surface area contributed by atoms with Crippen LogP contribution in [0.15, 0.2) is 35.2 Å². The van der Waals surface area contributed by atoms with E-state index in [1.165, 1.54) is 25.2 Å². The maximum atomic E-state index is 14.3. The fourth-order valence-electron chi connectivity index (χ4n) is 3.38. The normalized spacial score (nSPS) is 11.8. The quantitative estimate of drug-likeness (QED) is 0.457. The Balaban J connectivity index is 1.89. The van der Waals surface area contributed by atoms with Gasteiger partial charge in [0.05, 0.1) is 10.6 Å². The monoisotopic (exact) mass is 480 g/mol. The van der Waals surface area contributed by atoms with Crippen molar-refractivity contribution in [1.29, 1.82) is 0 Å². The fraction of sp³-hybridized carbons (Fsp3) is 0.435. The van der Waals surface area contributed by atoms with Crippen molar-refractivity contribution < 1.29 is 22.7 Å². The summed E-state index contributed by atoms with van der Waals surface area (Å²) in [6.45, 7) is 4.73. The number of nitrogens with one attached hydrogen (secondary N) is 2. The van der Waals surface area contributed by atoms with Gasteiger partial charge in [-0.15, -0.1) is 0 Å². The summed E-state index contributed by atoms with van der Waals surface area (Å²) in [4.78, 5) is 14.4. The number of amides is 1. The third kappa shape index (κ3) is 7.41. The van der Waals surface area contributed by atoms with E-state index in [0.29, 0.717) is 28.9 Å². The Kier molecular flexibility index (Phi) is 9.21. The molecule has 0 aliphatic carbocycles. The molecule has 0 saturated heterocycles. The first-order valence-electron chi connectivity index (χ1n) is 10.6. The van der Waals surface area contributed by atoms with Gasteiger partial charge in [-0.25, -0.2) is 17.1 Å². The molecule has 8 nitrogen and oxygen atoms in total. The van der Waals surface area contributed by atoms with E-state index < -0.39 is 15.8 Å². The smallest absolute Gasteiger partial charge is 0.243 e. The lowest BCUT2D eigenvalue weighted by atomic mass is 10.1. The van der Waals surface area contributed by atoms with Gasteiger partial charge in [0.2, 0.25) is 15.9 Å². The molecule has 0 radical (unpaired) electrons. The molecule has 2 aromatic rings. The lowest BCUT2D eigenvalue weighted by molar-refractivity contribution is -0.121. The second kappa shape index (κ2) is 11.4. The highest BCUT2D eigenvalue weighted by Gasteiger charge is 2.25. The highest BCUT2D eigenvalue weighted by Crippen LogP contribution is 2.27. The first-order valence-corrected chi connectivity index (χ1v) is 12.1. The van der Waals surface area contributed by atoms with E-state index in [4.69, 9.17) is 0 Å². The van der Waals surface area contributed by atoms with Crippen LogP contribution in [0.2, 0.25) is 0 Å². The van der Waals surface area contributed by atoms with Gasteiger partial charge in [0.15, 0.2) is 0 Å². The molecule has 0 aliphatic rings. The third-order valence-electron chi connectivity index (χ3n) is 5.16. The number of likely N-dealkylation sites (N-methyl/N-ethyl adjacent to an activating group) is 1. The molecule has 0 aromatic heterocycles. The van der Waals surface area contributed by atoms with Gasteiger partial charge < -0.3 is 20.6 Å². The molecule has 0 aliphatic heterocycles. The molecule has 10 heteroatoms. The minimum atomic E-state index is -3.82. The minimum absolute atomic E-state index is 0.000190.